The van der Waals surface area contributed by atoms with E-state index >= 15 is 0 Å². The maximum atomic E-state index is 6.50. The van der Waals surface area contributed by atoms with Gasteiger partial charge in [0.05, 0.1) is 11.2 Å². The Hall–Kier alpha value is -8.41. The summed E-state index contributed by atoms with van der Waals surface area (Å²) >= 11 is 0. The molecule has 0 saturated heterocycles. The normalized spacial score (nSPS) is 11.4. The van der Waals surface area contributed by atoms with E-state index in [0.717, 1.165) is 77.6 Å². The van der Waals surface area contributed by atoms with E-state index in [4.69, 9.17) is 19.4 Å². The molecule has 0 aliphatic heterocycles. The lowest BCUT2D eigenvalue weighted by Gasteiger charge is -2.15. The minimum Gasteiger partial charge on any atom is -0.456 e. The van der Waals surface area contributed by atoms with Crippen molar-refractivity contribution in [2.24, 2.45) is 0 Å². The molecule has 304 valence electrons. The third-order valence-electron chi connectivity index (χ3n) is 12.4. The summed E-state index contributed by atoms with van der Waals surface area (Å²) in [6.45, 7) is 12.9. The SMILES string of the molecule is C=Cc1c(C=C)n(-c2ccc(-c3cccc(-c4ccccc4C)c3C)cc2)c2ccc(-c3ccc4oc5cccc(-c6nc(-c7ccccc7)nc(-c7ccccc7)n6)c5c4c3)cc12. The molecule has 0 spiro atoms. The van der Waals surface area contributed by atoms with Crippen molar-refractivity contribution in [2.45, 2.75) is 13.8 Å². The zero-order chi connectivity index (χ0) is 43.3. The first-order valence-electron chi connectivity index (χ1n) is 21.5. The minimum absolute atomic E-state index is 0.584. The van der Waals surface area contributed by atoms with E-state index in [-0.39, 0.29) is 0 Å². The van der Waals surface area contributed by atoms with Gasteiger partial charge in [-0.3, -0.25) is 0 Å². The molecule has 0 unspecified atom stereocenters. The van der Waals surface area contributed by atoms with Crippen LogP contribution in [0.4, 0.5) is 0 Å². The highest BCUT2D eigenvalue weighted by Crippen LogP contribution is 2.41. The molecule has 0 aliphatic rings. The van der Waals surface area contributed by atoms with Crippen LogP contribution in [-0.4, -0.2) is 19.5 Å². The van der Waals surface area contributed by atoms with Gasteiger partial charge in [0.2, 0.25) is 0 Å². The van der Waals surface area contributed by atoms with E-state index in [2.05, 4.69) is 141 Å². The molecule has 3 aromatic heterocycles. The Labute approximate surface area is 372 Å². The number of furan rings is 1. The molecule has 0 atom stereocenters. The van der Waals surface area contributed by atoms with E-state index in [9.17, 15) is 0 Å². The number of hydrogen-bond donors (Lipinski definition) is 0. The Balaban J connectivity index is 1.00. The first-order valence-corrected chi connectivity index (χ1v) is 21.5. The van der Waals surface area contributed by atoms with Crippen molar-refractivity contribution in [3.05, 3.63) is 218 Å². The van der Waals surface area contributed by atoms with Crippen LogP contribution in [0.5, 0.6) is 0 Å². The van der Waals surface area contributed by atoms with Crippen molar-refractivity contribution in [1.29, 1.82) is 0 Å². The molecule has 64 heavy (non-hydrogen) atoms. The molecule has 0 radical (unpaired) electrons. The zero-order valence-electron chi connectivity index (χ0n) is 35.6. The number of fused-ring (bicyclic) bond motifs is 4. The van der Waals surface area contributed by atoms with Gasteiger partial charge in [-0.2, -0.15) is 0 Å². The highest BCUT2D eigenvalue weighted by atomic mass is 16.3. The van der Waals surface area contributed by atoms with Crippen LogP contribution < -0.4 is 0 Å². The largest absolute Gasteiger partial charge is 0.456 e. The summed E-state index contributed by atoms with van der Waals surface area (Å²) in [5.74, 6) is 1.81. The van der Waals surface area contributed by atoms with Gasteiger partial charge in [-0.1, -0.05) is 159 Å². The fraction of sp³-hybridized carbons (Fsp3) is 0.0339. The van der Waals surface area contributed by atoms with Gasteiger partial charge in [0.25, 0.3) is 0 Å². The van der Waals surface area contributed by atoms with Crippen molar-refractivity contribution in [3.8, 4) is 73.2 Å². The number of hydrogen-bond acceptors (Lipinski definition) is 4. The Kier molecular flexibility index (Phi) is 9.51. The fourth-order valence-corrected chi connectivity index (χ4v) is 9.24. The predicted molar refractivity (Wildman–Crippen MR) is 266 cm³/mol. The van der Waals surface area contributed by atoms with Crippen molar-refractivity contribution < 1.29 is 4.42 Å². The van der Waals surface area contributed by atoms with E-state index in [1.165, 1.54) is 33.4 Å². The molecule has 0 amide bonds. The number of aryl methyl sites for hydroxylation is 1. The van der Waals surface area contributed by atoms with Crippen LogP contribution >= 0.6 is 0 Å². The lowest BCUT2D eigenvalue weighted by atomic mass is 9.91. The lowest BCUT2D eigenvalue weighted by Crippen LogP contribution is -2.00. The maximum Gasteiger partial charge on any atom is 0.164 e. The molecule has 8 aromatic carbocycles. The van der Waals surface area contributed by atoms with Crippen LogP contribution in [-0.2, 0) is 0 Å². The second-order valence-corrected chi connectivity index (χ2v) is 16.1. The number of nitrogens with zero attached hydrogens (tertiary/aromatic N) is 4. The molecule has 11 aromatic rings. The van der Waals surface area contributed by atoms with Crippen LogP contribution in [0.25, 0.3) is 118 Å². The van der Waals surface area contributed by atoms with E-state index in [1.807, 2.05) is 84.9 Å². The molecular formula is C59H42N4O. The van der Waals surface area contributed by atoms with Crippen LogP contribution in [0.3, 0.4) is 0 Å². The first-order chi connectivity index (χ1) is 31.5. The summed E-state index contributed by atoms with van der Waals surface area (Å²) in [6, 6.07) is 63.3. The van der Waals surface area contributed by atoms with Gasteiger partial charge in [0, 0.05) is 44.1 Å². The maximum absolute atomic E-state index is 6.50. The summed E-state index contributed by atoms with van der Waals surface area (Å²) < 4.78 is 8.78. The average Bonchev–Trinajstić information content (AvgIpc) is 3.89. The Morgan fingerprint density at radius 2 is 1.03 bits per heavy atom. The van der Waals surface area contributed by atoms with Gasteiger partial charge in [0.15, 0.2) is 17.5 Å². The molecule has 3 heterocycles. The van der Waals surface area contributed by atoms with Gasteiger partial charge in [-0.05, 0) is 107 Å². The number of benzene rings is 8. The van der Waals surface area contributed by atoms with Gasteiger partial charge < -0.3 is 8.98 Å². The lowest BCUT2D eigenvalue weighted by molar-refractivity contribution is 0.669. The van der Waals surface area contributed by atoms with E-state index in [1.54, 1.807) is 0 Å². The second kappa shape index (κ2) is 15.8. The van der Waals surface area contributed by atoms with Gasteiger partial charge in [-0.25, -0.2) is 15.0 Å². The molecule has 0 bridgehead atoms. The van der Waals surface area contributed by atoms with Crippen LogP contribution in [0.15, 0.2) is 200 Å². The topological polar surface area (TPSA) is 56.7 Å². The molecule has 0 saturated carbocycles. The van der Waals surface area contributed by atoms with Gasteiger partial charge >= 0.3 is 0 Å². The molecule has 0 aliphatic carbocycles. The summed E-state index contributed by atoms with van der Waals surface area (Å²) in [7, 11) is 0. The van der Waals surface area contributed by atoms with Crippen molar-refractivity contribution in [2.75, 3.05) is 0 Å². The third-order valence-corrected chi connectivity index (χ3v) is 12.4. The second-order valence-electron chi connectivity index (χ2n) is 16.1. The quantitative estimate of drug-likeness (QED) is 0.145. The highest BCUT2D eigenvalue weighted by molar-refractivity contribution is 6.13. The molecule has 0 N–H and O–H groups in total. The third kappa shape index (κ3) is 6.54. The summed E-state index contributed by atoms with van der Waals surface area (Å²) in [4.78, 5) is 15.1. The van der Waals surface area contributed by atoms with E-state index in [0.29, 0.717) is 17.5 Å². The minimum atomic E-state index is 0.584. The number of aromatic nitrogens is 4. The molecule has 5 nitrogen and oxygen atoms in total. The van der Waals surface area contributed by atoms with Gasteiger partial charge in [-0.15, -0.1) is 0 Å². The first kappa shape index (κ1) is 38.5. The average molecular weight is 823 g/mol. The Bertz CT molecular complexity index is 3540. The molecule has 11 rings (SSSR count). The highest BCUT2D eigenvalue weighted by Gasteiger charge is 2.20. The number of rotatable bonds is 9. The summed E-state index contributed by atoms with van der Waals surface area (Å²) in [5.41, 5.74) is 18.0. The van der Waals surface area contributed by atoms with Gasteiger partial charge in [0.1, 0.15) is 11.2 Å². The van der Waals surface area contributed by atoms with Crippen LogP contribution in [0, 0.1) is 13.8 Å². The fourth-order valence-electron chi connectivity index (χ4n) is 9.24. The Morgan fingerprint density at radius 3 is 1.72 bits per heavy atom. The molecule has 5 heteroatoms. The monoisotopic (exact) mass is 822 g/mol. The predicted octanol–water partition coefficient (Wildman–Crippen LogP) is 15.6. The van der Waals surface area contributed by atoms with E-state index < -0.39 is 0 Å². The van der Waals surface area contributed by atoms with Crippen LogP contribution in [0.1, 0.15) is 22.4 Å². The van der Waals surface area contributed by atoms with Crippen molar-refractivity contribution >= 4 is 45.0 Å². The summed E-state index contributed by atoms with van der Waals surface area (Å²) in [5, 5.41) is 3.04. The van der Waals surface area contributed by atoms with Crippen molar-refractivity contribution in [1.82, 2.24) is 19.5 Å². The van der Waals surface area contributed by atoms with Crippen molar-refractivity contribution in [3.63, 3.8) is 0 Å². The standard InChI is InChI=1S/C59H42N4O/c1-5-45-50-35-42(29-33-53(50)63(52(45)6-2)44-31-27-39(28-32-44)47-23-15-24-48(38(47)4)46-22-14-13-17-37(46)3)43-30-34-54-51(36-43)56-49(25-16-26-55(56)64-54)59-61-57(40-18-9-7-10-19-40)60-58(62-59)41-20-11-8-12-21-41/h5-36H,1-2H2,3-4H3. The summed E-state index contributed by atoms with van der Waals surface area (Å²) in [6.07, 6.45) is 3.87. The molecular weight excluding hydrogens is 781 g/mol. The molecule has 0 fully saturated rings. The zero-order valence-corrected chi connectivity index (χ0v) is 35.6. The smallest absolute Gasteiger partial charge is 0.164 e. The Morgan fingerprint density at radius 1 is 0.453 bits per heavy atom. The van der Waals surface area contributed by atoms with Crippen LogP contribution in [0.2, 0.25) is 0 Å².